The zero-order valence-electron chi connectivity index (χ0n) is 17.7. The van der Waals surface area contributed by atoms with Crippen LogP contribution in [0.3, 0.4) is 0 Å². The van der Waals surface area contributed by atoms with Crippen molar-refractivity contribution in [3.05, 3.63) is 83.9 Å². The molecule has 1 heterocycles. The van der Waals surface area contributed by atoms with Gasteiger partial charge in [-0.05, 0) is 60.5 Å². The Hall–Kier alpha value is -3.80. The van der Waals surface area contributed by atoms with E-state index < -0.39 is 6.04 Å². The Labute approximate surface area is 181 Å². The molecule has 4 rings (SSSR count). The Morgan fingerprint density at radius 1 is 0.806 bits per heavy atom. The summed E-state index contributed by atoms with van der Waals surface area (Å²) in [5, 5.41) is 0. The first-order valence-corrected chi connectivity index (χ1v) is 10.0. The number of benzene rings is 3. The molecule has 1 atom stereocenters. The largest absolute Gasteiger partial charge is 0.497 e. The van der Waals surface area contributed by atoms with Gasteiger partial charge in [-0.15, -0.1) is 0 Å². The minimum absolute atomic E-state index is 0.0254. The number of aryl methyl sites for hydroxylation is 1. The van der Waals surface area contributed by atoms with E-state index in [1.54, 1.807) is 60.4 Å². The van der Waals surface area contributed by atoms with Crippen LogP contribution < -0.4 is 19.3 Å². The summed E-state index contributed by atoms with van der Waals surface area (Å²) in [4.78, 5) is 30.3. The van der Waals surface area contributed by atoms with E-state index in [1.165, 1.54) is 0 Å². The van der Waals surface area contributed by atoms with Crippen molar-refractivity contribution in [2.24, 2.45) is 0 Å². The first-order chi connectivity index (χ1) is 15.0. The molecule has 3 aromatic carbocycles. The van der Waals surface area contributed by atoms with E-state index in [2.05, 4.69) is 0 Å². The van der Waals surface area contributed by atoms with Gasteiger partial charge in [0.2, 0.25) is 5.91 Å². The van der Waals surface area contributed by atoms with E-state index in [0.29, 0.717) is 22.7 Å². The molecule has 1 saturated heterocycles. The van der Waals surface area contributed by atoms with Gasteiger partial charge in [-0.25, -0.2) is 0 Å². The monoisotopic (exact) mass is 416 g/mol. The average molecular weight is 416 g/mol. The topological polar surface area (TPSA) is 59.1 Å². The summed E-state index contributed by atoms with van der Waals surface area (Å²) in [6.07, 6.45) is 0. The molecular weight excluding hydrogens is 392 g/mol. The van der Waals surface area contributed by atoms with Gasteiger partial charge < -0.3 is 14.4 Å². The number of carbonyl (C=O) groups excluding carboxylic acids is 2. The Bertz CT molecular complexity index is 1090. The normalized spacial score (nSPS) is 16.4. The molecule has 2 amide bonds. The molecule has 0 spiro atoms. The highest BCUT2D eigenvalue weighted by Gasteiger charge is 2.42. The van der Waals surface area contributed by atoms with Crippen molar-refractivity contribution in [2.75, 3.05) is 30.6 Å². The standard InChI is InChI=1S/C25H24N2O4/c1-17-6-4-5-7-22(17)26-16-23(28)27(19-10-14-21(31-3)15-11-19)24(25(26)29)18-8-12-20(30-2)13-9-18/h4-15,24H,16H2,1-3H3/t24-/m1/s1. The highest BCUT2D eigenvalue weighted by Crippen LogP contribution is 2.36. The SMILES string of the molecule is COc1ccc([C@@H]2C(=O)N(c3ccccc3C)CC(=O)N2c2ccc(OC)cc2)cc1. The summed E-state index contributed by atoms with van der Waals surface area (Å²) in [6.45, 7) is 1.91. The van der Waals surface area contributed by atoms with Crippen molar-refractivity contribution >= 4 is 23.2 Å². The van der Waals surface area contributed by atoms with Crippen LogP contribution in [-0.2, 0) is 9.59 Å². The molecule has 0 saturated carbocycles. The van der Waals surface area contributed by atoms with Gasteiger partial charge in [0.25, 0.3) is 5.91 Å². The lowest BCUT2D eigenvalue weighted by molar-refractivity contribution is -0.128. The number of para-hydroxylation sites is 1. The van der Waals surface area contributed by atoms with Gasteiger partial charge in [0, 0.05) is 11.4 Å². The molecular formula is C25H24N2O4. The molecule has 0 unspecified atom stereocenters. The first-order valence-electron chi connectivity index (χ1n) is 10.0. The second-order valence-electron chi connectivity index (χ2n) is 7.35. The van der Waals surface area contributed by atoms with E-state index in [1.807, 2.05) is 43.3 Å². The van der Waals surface area contributed by atoms with Crippen LogP contribution in [0.1, 0.15) is 17.2 Å². The summed E-state index contributed by atoms with van der Waals surface area (Å²) in [5.41, 5.74) is 3.04. The van der Waals surface area contributed by atoms with Gasteiger partial charge in [-0.2, -0.15) is 0 Å². The molecule has 1 aliphatic heterocycles. The predicted octanol–water partition coefficient (Wildman–Crippen LogP) is 4.13. The van der Waals surface area contributed by atoms with Gasteiger partial charge in [-0.3, -0.25) is 14.5 Å². The van der Waals surface area contributed by atoms with Crippen LogP contribution in [0.25, 0.3) is 0 Å². The van der Waals surface area contributed by atoms with Crippen LogP contribution >= 0.6 is 0 Å². The van der Waals surface area contributed by atoms with Crippen molar-refractivity contribution in [1.29, 1.82) is 0 Å². The van der Waals surface area contributed by atoms with Crippen molar-refractivity contribution in [2.45, 2.75) is 13.0 Å². The maximum absolute atomic E-state index is 13.8. The lowest BCUT2D eigenvalue weighted by Crippen LogP contribution is -2.56. The Balaban J connectivity index is 1.80. The second kappa shape index (κ2) is 8.52. The molecule has 0 bridgehead atoms. The van der Waals surface area contributed by atoms with Crippen molar-refractivity contribution in [1.82, 2.24) is 0 Å². The van der Waals surface area contributed by atoms with Gasteiger partial charge in [0.05, 0.1) is 14.2 Å². The molecule has 0 aromatic heterocycles. The third-order valence-electron chi connectivity index (χ3n) is 5.51. The quantitative estimate of drug-likeness (QED) is 0.627. The minimum Gasteiger partial charge on any atom is -0.497 e. The van der Waals surface area contributed by atoms with Crippen LogP contribution in [0.5, 0.6) is 11.5 Å². The summed E-state index contributed by atoms with van der Waals surface area (Å²) < 4.78 is 10.5. The van der Waals surface area contributed by atoms with Crippen molar-refractivity contribution in [3.8, 4) is 11.5 Å². The number of carbonyl (C=O) groups is 2. The van der Waals surface area contributed by atoms with E-state index in [0.717, 1.165) is 11.3 Å². The lowest BCUT2D eigenvalue weighted by Gasteiger charge is -2.41. The van der Waals surface area contributed by atoms with Crippen LogP contribution in [0, 0.1) is 6.92 Å². The zero-order valence-corrected chi connectivity index (χ0v) is 17.7. The molecule has 158 valence electrons. The van der Waals surface area contributed by atoms with E-state index in [4.69, 9.17) is 9.47 Å². The van der Waals surface area contributed by atoms with Gasteiger partial charge in [-0.1, -0.05) is 30.3 Å². The number of nitrogens with zero attached hydrogens (tertiary/aromatic N) is 2. The fraction of sp³-hybridized carbons (Fsp3) is 0.200. The summed E-state index contributed by atoms with van der Waals surface area (Å²) in [5.74, 6) is 1.05. The predicted molar refractivity (Wildman–Crippen MR) is 120 cm³/mol. The molecule has 0 aliphatic carbocycles. The maximum Gasteiger partial charge on any atom is 0.255 e. The molecule has 1 aliphatic rings. The number of piperazine rings is 1. The van der Waals surface area contributed by atoms with Crippen LogP contribution in [0.2, 0.25) is 0 Å². The van der Waals surface area contributed by atoms with Crippen molar-refractivity contribution < 1.29 is 19.1 Å². The number of hydrogen-bond donors (Lipinski definition) is 0. The third-order valence-corrected chi connectivity index (χ3v) is 5.51. The van der Waals surface area contributed by atoms with Crippen molar-refractivity contribution in [3.63, 3.8) is 0 Å². The fourth-order valence-electron chi connectivity index (χ4n) is 3.88. The molecule has 0 N–H and O–H groups in total. The molecule has 1 fully saturated rings. The first kappa shape index (κ1) is 20.5. The molecule has 0 radical (unpaired) electrons. The van der Waals surface area contributed by atoms with Crippen LogP contribution in [0.4, 0.5) is 11.4 Å². The smallest absolute Gasteiger partial charge is 0.255 e. The second-order valence-corrected chi connectivity index (χ2v) is 7.35. The molecule has 31 heavy (non-hydrogen) atoms. The number of hydrogen-bond acceptors (Lipinski definition) is 4. The maximum atomic E-state index is 13.8. The van der Waals surface area contributed by atoms with E-state index >= 15 is 0 Å². The zero-order chi connectivity index (χ0) is 22.0. The highest BCUT2D eigenvalue weighted by atomic mass is 16.5. The number of rotatable bonds is 5. The van der Waals surface area contributed by atoms with E-state index in [-0.39, 0.29) is 18.4 Å². The highest BCUT2D eigenvalue weighted by molar-refractivity contribution is 6.14. The fourth-order valence-corrected chi connectivity index (χ4v) is 3.88. The average Bonchev–Trinajstić information content (AvgIpc) is 2.81. The Morgan fingerprint density at radius 3 is 1.97 bits per heavy atom. The number of ether oxygens (including phenoxy) is 2. The molecule has 6 heteroatoms. The summed E-state index contributed by atoms with van der Waals surface area (Å²) in [6, 6.07) is 21.2. The molecule has 3 aromatic rings. The number of amides is 2. The van der Waals surface area contributed by atoms with Gasteiger partial charge in [0.15, 0.2) is 0 Å². The minimum atomic E-state index is -0.792. The summed E-state index contributed by atoms with van der Waals surface area (Å²) >= 11 is 0. The van der Waals surface area contributed by atoms with Crippen LogP contribution in [-0.4, -0.2) is 32.6 Å². The molecule has 6 nitrogen and oxygen atoms in total. The van der Waals surface area contributed by atoms with Crippen LogP contribution in [0.15, 0.2) is 72.8 Å². The Morgan fingerprint density at radius 2 is 1.39 bits per heavy atom. The lowest BCUT2D eigenvalue weighted by atomic mass is 9.98. The number of methoxy groups -OCH3 is 2. The summed E-state index contributed by atoms with van der Waals surface area (Å²) in [7, 11) is 3.18. The third kappa shape index (κ3) is 3.84. The van der Waals surface area contributed by atoms with E-state index in [9.17, 15) is 9.59 Å². The van der Waals surface area contributed by atoms with Gasteiger partial charge in [0.1, 0.15) is 24.1 Å². The Kier molecular flexibility index (Phi) is 5.62. The number of anilines is 2. The van der Waals surface area contributed by atoms with Gasteiger partial charge >= 0.3 is 0 Å².